The molecule has 3 aromatic rings. The lowest BCUT2D eigenvalue weighted by Crippen LogP contribution is -2.25. The zero-order valence-electron chi connectivity index (χ0n) is 21.4. The van der Waals surface area contributed by atoms with Crippen molar-refractivity contribution in [3.05, 3.63) is 64.8 Å². The number of anilines is 1. The highest BCUT2D eigenvalue weighted by molar-refractivity contribution is 7.95. The number of aromatic nitrogens is 3. The van der Waals surface area contributed by atoms with Crippen LogP contribution in [0.5, 0.6) is 0 Å². The van der Waals surface area contributed by atoms with Crippen molar-refractivity contribution < 1.29 is 12.9 Å². The summed E-state index contributed by atoms with van der Waals surface area (Å²) in [5.41, 5.74) is 10.9. The molecular formula is C27H33N5O3S. The molecule has 9 heteroatoms. The third kappa shape index (κ3) is 5.42. The van der Waals surface area contributed by atoms with Crippen LogP contribution in [0.1, 0.15) is 51.8 Å². The van der Waals surface area contributed by atoms with Gasteiger partial charge in [0.2, 0.25) is 0 Å². The quantitative estimate of drug-likeness (QED) is 0.447. The van der Waals surface area contributed by atoms with Crippen molar-refractivity contribution in [3.8, 4) is 22.7 Å². The third-order valence-corrected chi connectivity index (χ3v) is 8.85. The number of nitrogens with two attached hydrogens (primary N) is 1. The monoisotopic (exact) mass is 507 g/mol. The average Bonchev–Trinajstić information content (AvgIpc) is 3.35. The zero-order chi connectivity index (χ0) is 26.0. The maximum absolute atomic E-state index is 12.5. The molecule has 1 aliphatic carbocycles. The number of allylic oxidation sites excluding steroid dienone is 4. The molecule has 0 aliphatic heterocycles. The lowest BCUT2D eigenvalue weighted by Gasteiger charge is -2.20. The molecule has 36 heavy (non-hydrogen) atoms. The van der Waals surface area contributed by atoms with E-state index in [2.05, 4.69) is 53.1 Å². The maximum Gasteiger partial charge on any atom is 0.189 e. The fourth-order valence-corrected chi connectivity index (χ4v) is 5.13. The van der Waals surface area contributed by atoms with Crippen LogP contribution in [-0.4, -0.2) is 46.8 Å². The number of nitrogen functional groups attached to an aromatic ring is 1. The van der Waals surface area contributed by atoms with E-state index in [4.69, 9.17) is 10.3 Å². The number of sulfone groups is 1. The van der Waals surface area contributed by atoms with Crippen molar-refractivity contribution in [3.63, 3.8) is 0 Å². The van der Waals surface area contributed by atoms with E-state index in [1.54, 1.807) is 32.2 Å². The first-order valence-electron chi connectivity index (χ1n) is 12.1. The highest BCUT2D eigenvalue weighted by atomic mass is 32.2. The van der Waals surface area contributed by atoms with Gasteiger partial charge in [0.15, 0.2) is 27.1 Å². The first-order valence-corrected chi connectivity index (χ1v) is 13.6. The van der Waals surface area contributed by atoms with Gasteiger partial charge in [0, 0.05) is 29.1 Å². The molecule has 2 heterocycles. The van der Waals surface area contributed by atoms with Crippen molar-refractivity contribution in [2.45, 2.75) is 58.4 Å². The first-order chi connectivity index (χ1) is 17.1. The normalized spacial score (nSPS) is 14.4. The molecular weight excluding hydrogens is 474 g/mol. The number of nitrogens with zero attached hydrogens (tertiary/aromatic N) is 4. The summed E-state index contributed by atoms with van der Waals surface area (Å²) in [7, 11) is -1.16. The molecule has 0 bridgehead atoms. The summed E-state index contributed by atoms with van der Waals surface area (Å²) < 4.78 is 30.5. The molecule has 0 amide bonds. The largest absolute Gasteiger partial charge is 0.382 e. The van der Waals surface area contributed by atoms with Gasteiger partial charge in [-0.3, -0.25) is 4.90 Å². The summed E-state index contributed by atoms with van der Waals surface area (Å²) >= 11 is 0. The van der Waals surface area contributed by atoms with Crippen LogP contribution in [0.15, 0.2) is 58.1 Å². The van der Waals surface area contributed by atoms with Gasteiger partial charge in [-0.1, -0.05) is 35.5 Å². The average molecular weight is 508 g/mol. The van der Waals surface area contributed by atoms with Gasteiger partial charge >= 0.3 is 0 Å². The topological polar surface area (TPSA) is 115 Å². The predicted octanol–water partition coefficient (Wildman–Crippen LogP) is 5.11. The third-order valence-electron chi connectivity index (χ3n) is 6.53. The number of benzene rings is 1. The molecule has 190 valence electrons. The molecule has 0 atom stereocenters. The second-order valence-corrected chi connectivity index (χ2v) is 12.2. The van der Waals surface area contributed by atoms with Gasteiger partial charge in [0.25, 0.3) is 0 Å². The van der Waals surface area contributed by atoms with E-state index in [9.17, 15) is 8.42 Å². The molecule has 0 saturated carbocycles. The Morgan fingerprint density at radius 3 is 2.39 bits per heavy atom. The Morgan fingerprint density at radius 2 is 1.78 bits per heavy atom. The van der Waals surface area contributed by atoms with Gasteiger partial charge in [0.1, 0.15) is 5.69 Å². The molecule has 2 N–H and O–H groups in total. The van der Waals surface area contributed by atoms with Crippen molar-refractivity contribution in [2.24, 2.45) is 0 Å². The molecule has 1 aliphatic rings. The van der Waals surface area contributed by atoms with E-state index in [-0.39, 0.29) is 5.82 Å². The lowest BCUT2D eigenvalue weighted by atomic mass is 10.0. The summed E-state index contributed by atoms with van der Waals surface area (Å²) in [6.07, 6.45) is 6.05. The SMILES string of the molecule is CC(C)N(C)Cc1ccc(-c2cc(-c3nc(C4=CC=C(S(=O)(=O)C(C)C)CC4)cnc3N)on2)cc1. The molecule has 4 rings (SSSR count). The van der Waals surface area contributed by atoms with Crippen LogP contribution in [0.25, 0.3) is 28.3 Å². The standard InChI is InChI=1S/C27H33N5O3S/c1-17(2)32(5)16-19-6-8-20(9-7-19)23-14-25(35-31-23)26-27(28)29-15-24(30-26)21-10-12-22(13-11-21)36(33,34)18(3)4/h6-10,12,14-15,17-18H,11,13,16H2,1-5H3,(H2,28,29). The lowest BCUT2D eigenvalue weighted by molar-refractivity contribution is 0.266. The minimum Gasteiger partial charge on any atom is -0.382 e. The van der Waals surface area contributed by atoms with E-state index < -0.39 is 15.1 Å². The molecule has 0 fully saturated rings. The van der Waals surface area contributed by atoms with E-state index in [1.165, 1.54) is 5.56 Å². The van der Waals surface area contributed by atoms with Gasteiger partial charge in [-0.25, -0.2) is 18.4 Å². The minimum absolute atomic E-state index is 0.239. The van der Waals surface area contributed by atoms with Crippen molar-refractivity contribution >= 4 is 21.2 Å². The molecule has 1 aromatic carbocycles. The summed E-state index contributed by atoms with van der Waals surface area (Å²) in [6.45, 7) is 8.60. The molecule has 0 saturated heterocycles. The van der Waals surface area contributed by atoms with Crippen LogP contribution in [0.3, 0.4) is 0 Å². The number of hydrogen-bond donors (Lipinski definition) is 1. The Bertz CT molecular complexity index is 1400. The van der Waals surface area contributed by atoms with Crippen LogP contribution in [-0.2, 0) is 16.4 Å². The van der Waals surface area contributed by atoms with Crippen LogP contribution < -0.4 is 5.73 Å². The minimum atomic E-state index is -3.26. The van der Waals surface area contributed by atoms with Gasteiger partial charge < -0.3 is 10.3 Å². The second kappa shape index (κ2) is 10.4. The van der Waals surface area contributed by atoms with Crippen LogP contribution in [0, 0.1) is 0 Å². The van der Waals surface area contributed by atoms with Gasteiger partial charge in [-0.05, 0) is 64.8 Å². The van der Waals surface area contributed by atoms with E-state index in [0.29, 0.717) is 46.6 Å². The number of rotatable bonds is 8. The Kier molecular flexibility index (Phi) is 7.42. The molecule has 0 spiro atoms. The highest BCUT2D eigenvalue weighted by Crippen LogP contribution is 2.33. The Labute approximate surface area is 212 Å². The van der Waals surface area contributed by atoms with Crippen LogP contribution >= 0.6 is 0 Å². The second-order valence-electron chi connectivity index (χ2n) is 9.69. The molecule has 2 aromatic heterocycles. The van der Waals surface area contributed by atoms with Gasteiger partial charge in [-0.15, -0.1) is 0 Å². The fraction of sp³-hybridized carbons (Fsp3) is 0.370. The molecule has 0 unspecified atom stereocenters. The summed E-state index contributed by atoms with van der Waals surface area (Å²) in [4.78, 5) is 11.7. The van der Waals surface area contributed by atoms with Crippen molar-refractivity contribution in [1.82, 2.24) is 20.0 Å². The molecule has 8 nitrogen and oxygen atoms in total. The Morgan fingerprint density at radius 1 is 1.06 bits per heavy atom. The smallest absolute Gasteiger partial charge is 0.189 e. The zero-order valence-corrected chi connectivity index (χ0v) is 22.2. The fourth-order valence-electron chi connectivity index (χ4n) is 3.88. The van der Waals surface area contributed by atoms with Gasteiger partial charge in [-0.2, -0.15) is 0 Å². The summed E-state index contributed by atoms with van der Waals surface area (Å²) in [5, 5.41) is 3.77. The first kappa shape index (κ1) is 25.8. The van der Waals surface area contributed by atoms with Crippen molar-refractivity contribution in [1.29, 1.82) is 0 Å². The Hall–Kier alpha value is -3.30. The summed E-state index contributed by atoms with van der Waals surface area (Å²) in [6, 6.07) is 10.5. The van der Waals surface area contributed by atoms with Crippen LogP contribution in [0.4, 0.5) is 5.82 Å². The van der Waals surface area contributed by atoms with Gasteiger partial charge in [0.05, 0.1) is 17.1 Å². The molecule has 0 radical (unpaired) electrons. The van der Waals surface area contributed by atoms with Crippen molar-refractivity contribution in [2.75, 3.05) is 12.8 Å². The Balaban J connectivity index is 1.57. The predicted molar refractivity (Wildman–Crippen MR) is 143 cm³/mol. The van der Waals surface area contributed by atoms with E-state index in [0.717, 1.165) is 17.7 Å². The summed E-state index contributed by atoms with van der Waals surface area (Å²) in [5.74, 6) is 0.666. The van der Waals surface area contributed by atoms with E-state index >= 15 is 0 Å². The van der Waals surface area contributed by atoms with Crippen LogP contribution in [0.2, 0.25) is 0 Å². The highest BCUT2D eigenvalue weighted by Gasteiger charge is 2.24. The van der Waals surface area contributed by atoms with E-state index in [1.807, 2.05) is 18.2 Å². The number of hydrogen-bond acceptors (Lipinski definition) is 8. The maximum atomic E-state index is 12.5.